The summed E-state index contributed by atoms with van der Waals surface area (Å²) in [6, 6.07) is 40.2. The van der Waals surface area contributed by atoms with Gasteiger partial charge in [-0.1, -0.05) is 137 Å². The third-order valence-corrected chi connectivity index (χ3v) is 8.05. The van der Waals surface area contributed by atoms with Crippen molar-refractivity contribution in [1.82, 2.24) is 0 Å². The third kappa shape index (κ3) is 10.4. The summed E-state index contributed by atoms with van der Waals surface area (Å²) in [4.78, 5) is 0. The fourth-order valence-electron chi connectivity index (χ4n) is 6.03. The van der Waals surface area contributed by atoms with Gasteiger partial charge in [0.25, 0.3) is 0 Å². The number of benzene rings is 4. The van der Waals surface area contributed by atoms with Gasteiger partial charge in [-0.2, -0.15) is 12.1 Å². The first kappa shape index (κ1) is 38.2. The topological polar surface area (TPSA) is 0 Å². The van der Waals surface area contributed by atoms with Crippen LogP contribution in [0.15, 0.2) is 109 Å². The number of aryl methyl sites for hydroxylation is 4. The Balaban J connectivity index is 0.000000214. The van der Waals surface area contributed by atoms with Crippen LogP contribution in [0, 0.1) is 0 Å². The van der Waals surface area contributed by atoms with Gasteiger partial charge in [0, 0.05) is 9.52 Å². The van der Waals surface area contributed by atoms with E-state index in [1.165, 1.54) is 78.9 Å². The molecule has 0 heterocycles. The fourth-order valence-corrected chi connectivity index (χ4v) is 6.03. The predicted molar refractivity (Wildman–Crippen MR) is 206 cm³/mol. The Labute approximate surface area is 299 Å². The molecule has 0 aromatic heterocycles. The van der Waals surface area contributed by atoms with Gasteiger partial charge >= 0.3 is 37.9 Å². The molecule has 4 heteroatoms. The Bertz CT molecular complexity index is 1590. The molecule has 238 valence electrons. The third-order valence-electron chi connectivity index (χ3n) is 8.05. The minimum absolute atomic E-state index is 0.826. The maximum absolute atomic E-state index is 4.93. The molecule has 0 saturated heterocycles. The molecule has 0 N–H and O–H groups in total. The molecule has 0 amide bonds. The number of hydrogen-bond acceptors (Lipinski definition) is 0. The molecule has 0 unspecified atom stereocenters. The van der Waals surface area contributed by atoms with Gasteiger partial charge in [-0.05, 0) is 36.8 Å². The molecule has 6 rings (SSSR count). The first-order chi connectivity index (χ1) is 22.5. The molecule has 6 aromatic carbocycles. The van der Waals surface area contributed by atoms with Crippen molar-refractivity contribution in [1.29, 1.82) is 0 Å². The molecule has 46 heavy (non-hydrogen) atoms. The van der Waals surface area contributed by atoms with Crippen LogP contribution in [0.1, 0.15) is 62.8 Å². The zero-order valence-electron chi connectivity index (χ0n) is 28.4. The van der Waals surface area contributed by atoms with E-state index in [4.69, 9.17) is 17.0 Å². The Hall–Kier alpha value is -2.22. The van der Waals surface area contributed by atoms with E-state index in [0.717, 1.165) is 35.2 Å². The van der Waals surface area contributed by atoms with Gasteiger partial charge in [0.2, 0.25) is 0 Å². The van der Waals surface area contributed by atoms with E-state index in [9.17, 15) is 0 Å². The summed E-state index contributed by atoms with van der Waals surface area (Å²) in [5.41, 5.74) is 11.4. The summed E-state index contributed by atoms with van der Waals surface area (Å²) in [5.74, 6) is 0. The summed E-state index contributed by atoms with van der Waals surface area (Å²) in [7, 11) is 11.0. The SMILES string of the molecule is CCCc1ccc2[cH-]c(CC)cc2c1-c1ccccc1.CCCc1ccc2[cH-]c(CC)cc2c1-c1ccccc1.C[Si]C.[Cl][Zr+2][Cl]. The quantitative estimate of drug-likeness (QED) is 0.108. The molecule has 0 bridgehead atoms. The second kappa shape index (κ2) is 20.9. The molecule has 0 nitrogen and oxygen atoms in total. The molecule has 0 aliphatic rings. The molecular formula is C42H48Cl2SiZr. The van der Waals surface area contributed by atoms with Crippen molar-refractivity contribution in [3.05, 3.63) is 131 Å². The van der Waals surface area contributed by atoms with Gasteiger partial charge in [-0.3, -0.25) is 0 Å². The van der Waals surface area contributed by atoms with Crippen molar-refractivity contribution in [3.8, 4) is 22.3 Å². The van der Waals surface area contributed by atoms with Crippen LogP contribution in [-0.4, -0.2) is 9.52 Å². The summed E-state index contributed by atoms with van der Waals surface area (Å²) in [5, 5.41) is 5.58. The minimum atomic E-state index is -0.826. The molecular weight excluding hydrogens is 695 g/mol. The van der Waals surface area contributed by atoms with Gasteiger partial charge in [0.1, 0.15) is 0 Å². The average molecular weight is 743 g/mol. The molecule has 0 aliphatic carbocycles. The van der Waals surface area contributed by atoms with Crippen LogP contribution in [0.5, 0.6) is 0 Å². The van der Waals surface area contributed by atoms with Crippen molar-refractivity contribution < 1.29 is 20.8 Å². The predicted octanol–water partition coefficient (Wildman–Crippen LogP) is 13.6. The zero-order chi connectivity index (χ0) is 33.3. The number of rotatable bonds is 8. The van der Waals surface area contributed by atoms with Crippen LogP contribution < -0.4 is 0 Å². The number of halogens is 2. The number of fused-ring (bicyclic) bond motifs is 2. The molecule has 0 spiro atoms. The zero-order valence-corrected chi connectivity index (χ0v) is 33.4. The van der Waals surface area contributed by atoms with E-state index in [2.05, 4.69) is 150 Å². The normalized spacial score (nSPS) is 10.3. The van der Waals surface area contributed by atoms with Gasteiger partial charge in [0.05, 0.1) is 0 Å². The first-order valence-corrected chi connectivity index (χ1v) is 24.9. The van der Waals surface area contributed by atoms with Crippen molar-refractivity contribution >= 4 is 48.1 Å². The van der Waals surface area contributed by atoms with Crippen LogP contribution >= 0.6 is 17.0 Å². The summed E-state index contributed by atoms with van der Waals surface area (Å²) in [6.45, 7) is 13.3. The van der Waals surface area contributed by atoms with Crippen LogP contribution in [0.25, 0.3) is 43.8 Å². The van der Waals surface area contributed by atoms with E-state index in [0.29, 0.717) is 0 Å². The molecule has 0 atom stereocenters. The van der Waals surface area contributed by atoms with E-state index < -0.39 is 20.8 Å². The van der Waals surface area contributed by atoms with E-state index in [1.54, 1.807) is 0 Å². The second-order valence-corrected chi connectivity index (χ2v) is 16.2. The molecule has 0 saturated carbocycles. The van der Waals surface area contributed by atoms with Crippen molar-refractivity contribution in [3.63, 3.8) is 0 Å². The standard InChI is InChI=1S/2C20H21.C2H6Si.2ClH.Zr/c2*1-3-8-16-11-12-18-13-15(4-2)14-19(18)20(16)17-9-6-5-7-10-17;1-3-2;;;/h2*5-7,9-14H,3-4,8H2,1-2H3;1-2H3;2*1H;/q2*-1;;;;+4/p-2. The molecule has 0 aliphatic heterocycles. The summed E-state index contributed by atoms with van der Waals surface area (Å²) < 4.78 is 0. The van der Waals surface area contributed by atoms with Gasteiger partial charge in [-0.25, -0.2) is 0 Å². The summed E-state index contributed by atoms with van der Waals surface area (Å²) in [6.07, 6.45) is 6.87. The van der Waals surface area contributed by atoms with E-state index in [1.807, 2.05) is 0 Å². The van der Waals surface area contributed by atoms with Crippen molar-refractivity contribution in [2.75, 3.05) is 0 Å². The van der Waals surface area contributed by atoms with Crippen LogP contribution in [0.4, 0.5) is 0 Å². The Morgan fingerprint density at radius 3 is 1.22 bits per heavy atom. The van der Waals surface area contributed by atoms with Crippen LogP contribution in [0.3, 0.4) is 0 Å². The van der Waals surface area contributed by atoms with Crippen molar-refractivity contribution in [2.24, 2.45) is 0 Å². The second-order valence-electron chi connectivity index (χ2n) is 11.4. The molecule has 2 radical (unpaired) electrons. The van der Waals surface area contributed by atoms with Gasteiger partial charge < -0.3 is 0 Å². The maximum atomic E-state index is 4.93. The first-order valence-electron chi connectivity index (χ1n) is 16.6. The molecule has 0 fully saturated rings. The number of hydrogen-bond donors (Lipinski definition) is 0. The van der Waals surface area contributed by atoms with E-state index in [-0.39, 0.29) is 0 Å². The van der Waals surface area contributed by atoms with Gasteiger partial charge in [-0.15, -0.1) is 69.1 Å². The monoisotopic (exact) mass is 740 g/mol. The van der Waals surface area contributed by atoms with Gasteiger partial charge in [0.15, 0.2) is 0 Å². The fraction of sp³-hybridized carbons (Fsp3) is 0.286. The Morgan fingerprint density at radius 1 is 0.565 bits per heavy atom. The average Bonchev–Trinajstić information content (AvgIpc) is 3.71. The van der Waals surface area contributed by atoms with E-state index >= 15 is 0 Å². The Morgan fingerprint density at radius 2 is 0.913 bits per heavy atom. The Kier molecular flexibility index (Phi) is 17.4. The van der Waals surface area contributed by atoms with Crippen molar-refractivity contribution in [2.45, 2.75) is 79.3 Å². The van der Waals surface area contributed by atoms with Crippen LogP contribution in [0.2, 0.25) is 13.1 Å². The van der Waals surface area contributed by atoms with Crippen LogP contribution in [-0.2, 0) is 46.5 Å². The summed E-state index contributed by atoms with van der Waals surface area (Å²) >= 11 is -0.826. The molecule has 6 aromatic rings.